The molecule has 1 fully saturated rings. The molecule has 2 heterocycles. The van der Waals surface area contributed by atoms with Gasteiger partial charge in [0.1, 0.15) is 0 Å². The van der Waals surface area contributed by atoms with Gasteiger partial charge in [-0.2, -0.15) is 0 Å². The zero-order valence-electron chi connectivity index (χ0n) is 12.2. The summed E-state index contributed by atoms with van der Waals surface area (Å²) in [6.07, 6.45) is 3.05. The maximum absolute atomic E-state index is 6.15. The van der Waals surface area contributed by atoms with E-state index in [0.29, 0.717) is 6.04 Å². The molecule has 1 saturated heterocycles. The lowest BCUT2D eigenvalue weighted by Crippen LogP contribution is -2.45. The SMILES string of the molecule is CCc1ncc(CN2CCNCC2c2cccc(Cl)c2)s1. The van der Waals surface area contributed by atoms with Gasteiger partial charge >= 0.3 is 0 Å². The molecule has 1 unspecified atom stereocenters. The second-order valence-electron chi connectivity index (χ2n) is 5.32. The molecule has 0 amide bonds. The lowest BCUT2D eigenvalue weighted by atomic mass is 10.0. The number of rotatable bonds is 4. The molecule has 0 aliphatic carbocycles. The van der Waals surface area contributed by atoms with E-state index < -0.39 is 0 Å². The largest absolute Gasteiger partial charge is 0.314 e. The number of aryl methyl sites for hydroxylation is 1. The lowest BCUT2D eigenvalue weighted by Gasteiger charge is -2.36. The first-order valence-corrected chi connectivity index (χ1v) is 8.59. The number of nitrogens with one attached hydrogen (secondary N) is 1. The Hall–Kier alpha value is -0.940. The molecule has 1 aromatic carbocycles. The second-order valence-corrected chi connectivity index (χ2v) is 6.96. The van der Waals surface area contributed by atoms with E-state index in [-0.39, 0.29) is 0 Å². The number of halogens is 1. The van der Waals surface area contributed by atoms with Crippen molar-refractivity contribution in [1.29, 1.82) is 0 Å². The van der Waals surface area contributed by atoms with Crippen molar-refractivity contribution in [2.75, 3.05) is 19.6 Å². The predicted octanol–water partition coefficient (Wildman–Crippen LogP) is 3.51. The number of aromatic nitrogens is 1. The van der Waals surface area contributed by atoms with Crippen molar-refractivity contribution in [2.45, 2.75) is 25.9 Å². The first-order valence-electron chi connectivity index (χ1n) is 7.40. The highest BCUT2D eigenvalue weighted by Crippen LogP contribution is 2.27. The number of nitrogens with zero attached hydrogens (tertiary/aromatic N) is 2. The molecule has 5 heteroatoms. The van der Waals surface area contributed by atoms with Crippen LogP contribution in [0.2, 0.25) is 5.02 Å². The van der Waals surface area contributed by atoms with Gasteiger partial charge in [-0.15, -0.1) is 11.3 Å². The Labute approximate surface area is 135 Å². The van der Waals surface area contributed by atoms with Gasteiger partial charge in [0.05, 0.1) is 5.01 Å². The van der Waals surface area contributed by atoms with Crippen LogP contribution in [0.1, 0.15) is 28.4 Å². The fourth-order valence-electron chi connectivity index (χ4n) is 2.76. The number of benzene rings is 1. The normalized spacial score (nSPS) is 19.8. The molecule has 1 atom stereocenters. The van der Waals surface area contributed by atoms with Crippen molar-refractivity contribution in [3.8, 4) is 0 Å². The van der Waals surface area contributed by atoms with E-state index in [9.17, 15) is 0 Å². The molecule has 3 rings (SSSR count). The maximum Gasteiger partial charge on any atom is 0.0925 e. The molecule has 0 radical (unpaired) electrons. The molecule has 112 valence electrons. The Morgan fingerprint density at radius 1 is 1.48 bits per heavy atom. The van der Waals surface area contributed by atoms with Crippen LogP contribution in [-0.4, -0.2) is 29.5 Å². The molecular formula is C16H20ClN3S. The van der Waals surface area contributed by atoms with Crippen LogP contribution < -0.4 is 5.32 Å². The lowest BCUT2D eigenvalue weighted by molar-refractivity contribution is 0.155. The van der Waals surface area contributed by atoms with Crippen molar-refractivity contribution in [2.24, 2.45) is 0 Å². The van der Waals surface area contributed by atoms with Gasteiger partial charge in [0.25, 0.3) is 0 Å². The van der Waals surface area contributed by atoms with Gasteiger partial charge in [-0.05, 0) is 24.1 Å². The summed E-state index contributed by atoms with van der Waals surface area (Å²) >= 11 is 7.97. The summed E-state index contributed by atoms with van der Waals surface area (Å²) in [5, 5.41) is 5.52. The third-order valence-electron chi connectivity index (χ3n) is 3.85. The highest BCUT2D eigenvalue weighted by Gasteiger charge is 2.24. The van der Waals surface area contributed by atoms with Gasteiger partial charge in [0.15, 0.2) is 0 Å². The van der Waals surface area contributed by atoms with Crippen molar-refractivity contribution < 1.29 is 0 Å². The number of hydrogen-bond acceptors (Lipinski definition) is 4. The Bertz CT molecular complexity index is 599. The highest BCUT2D eigenvalue weighted by atomic mass is 35.5. The zero-order valence-corrected chi connectivity index (χ0v) is 13.8. The summed E-state index contributed by atoms with van der Waals surface area (Å²) in [4.78, 5) is 8.34. The molecular weight excluding hydrogens is 302 g/mol. The minimum atomic E-state index is 0.379. The topological polar surface area (TPSA) is 28.2 Å². The first-order chi connectivity index (χ1) is 10.3. The van der Waals surface area contributed by atoms with E-state index in [0.717, 1.165) is 37.6 Å². The molecule has 1 N–H and O–H groups in total. The van der Waals surface area contributed by atoms with E-state index >= 15 is 0 Å². The van der Waals surface area contributed by atoms with Crippen LogP contribution >= 0.6 is 22.9 Å². The second kappa shape index (κ2) is 6.88. The first kappa shape index (κ1) is 15.0. The van der Waals surface area contributed by atoms with Crippen LogP contribution in [0.25, 0.3) is 0 Å². The van der Waals surface area contributed by atoms with E-state index in [1.54, 1.807) is 0 Å². The number of hydrogen-bond donors (Lipinski definition) is 1. The third kappa shape index (κ3) is 3.64. The van der Waals surface area contributed by atoms with Crippen molar-refractivity contribution in [3.05, 3.63) is 50.9 Å². The van der Waals surface area contributed by atoms with Crippen LogP contribution in [0.4, 0.5) is 0 Å². The van der Waals surface area contributed by atoms with Gasteiger partial charge < -0.3 is 5.32 Å². The molecule has 1 aromatic heterocycles. The Kier molecular flexibility index (Phi) is 4.91. The van der Waals surface area contributed by atoms with E-state index in [2.05, 4.69) is 34.3 Å². The molecule has 1 aliphatic rings. The van der Waals surface area contributed by atoms with Crippen molar-refractivity contribution in [3.63, 3.8) is 0 Å². The number of thiazole rings is 1. The van der Waals surface area contributed by atoms with E-state index in [1.807, 2.05) is 29.7 Å². The van der Waals surface area contributed by atoms with Crippen LogP contribution in [0, 0.1) is 0 Å². The molecule has 1 aliphatic heterocycles. The van der Waals surface area contributed by atoms with Crippen LogP contribution in [0.3, 0.4) is 0 Å². The molecule has 2 aromatic rings. The smallest absolute Gasteiger partial charge is 0.0925 e. The minimum absolute atomic E-state index is 0.379. The maximum atomic E-state index is 6.15. The van der Waals surface area contributed by atoms with Gasteiger partial charge in [0.2, 0.25) is 0 Å². The monoisotopic (exact) mass is 321 g/mol. The van der Waals surface area contributed by atoms with E-state index in [1.165, 1.54) is 15.4 Å². The predicted molar refractivity (Wildman–Crippen MR) is 89.0 cm³/mol. The average Bonchev–Trinajstić information content (AvgIpc) is 2.95. The average molecular weight is 322 g/mol. The Balaban J connectivity index is 1.78. The van der Waals surface area contributed by atoms with Gasteiger partial charge in [-0.3, -0.25) is 4.90 Å². The summed E-state index contributed by atoms with van der Waals surface area (Å²) in [6.45, 7) is 6.19. The standard InChI is InChI=1S/C16H20ClN3S/c1-2-16-19-9-14(21-16)11-20-7-6-18-10-15(20)12-4-3-5-13(17)8-12/h3-5,8-9,15,18H,2,6-7,10-11H2,1H3. The zero-order chi connectivity index (χ0) is 14.7. The van der Waals surface area contributed by atoms with Gasteiger partial charge in [-0.25, -0.2) is 4.98 Å². The quantitative estimate of drug-likeness (QED) is 0.934. The summed E-state index contributed by atoms with van der Waals surface area (Å²) < 4.78 is 0. The number of piperazine rings is 1. The summed E-state index contributed by atoms with van der Waals surface area (Å²) in [7, 11) is 0. The Morgan fingerprint density at radius 3 is 3.14 bits per heavy atom. The molecule has 0 saturated carbocycles. The fourth-order valence-corrected chi connectivity index (χ4v) is 3.85. The highest BCUT2D eigenvalue weighted by molar-refractivity contribution is 7.11. The van der Waals surface area contributed by atoms with Crippen molar-refractivity contribution in [1.82, 2.24) is 15.2 Å². The van der Waals surface area contributed by atoms with Gasteiger partial charge in [-0.1, -0.05) is 30.7 Å². The molecule has 0 spiro atoms. The van der Waals surface area contributed by atoms with Crippen LogP contribution in [0.5, 0.6) is 0 Å². The van der Waals surface area contributed by atoms with E-state index in [4.69, 9.17) is 11.6 Å². The van der Waals surface area contributed by atoms with Crippen LogP contribution in [-0.2, 0) is 13.0 Å². The summed E-state index contributed by atoms with van der Waals surface area (Å²) in [5.74, 6) is 0. The fraction of sp³-hybridized carbons (Fsp3) is 0.438. The molecule has 21 heavy (non-hydrogen) atoms. The minimum Gasteiger partial charge on any atom is -0.314 e. The molecule has 3 nitrogen and oxygen atoms in total. The third-order valence-corrected chi connectivity index (χ3v) is 5.21. The molecule has 0 bridgehead atoms. The van der Waals surface area contributed by atoms with Gasteiger partial charge in [0, 0.05) is 48.3 Å². The summed E-state index contributed by atoms with van der Waals surface area (Å²) in [5.41, 5.74) is 1.29. The summed E-state index contributed by atoms with van der Waals surface area (Å²) in [6, 6.07) is 8.59. The Morgan fingerprint density at radius 2 is 2.38 bits per heavy atom. The van der Waals surface area contributed by atoms with Crippen LogP contribution in [0.15, 0.2) is 30.5 Å². The van der Waals surface area contributed by atoms with Crippen molar-refractivity contribution >= 4 is 22.9 Å².